The summed E-state index contributed by atoms with van der Waals surface area (Å²) in [6.07, 6.45) is 89.2. The molecular formula is C73H138N2O6P+. The third kappa shape index (κ3) is 65.5. The number of hydrogen-bond donors (Lipinski definition) is 3. The van der Waals surface area contributed by atoms with Gasteiger partial charge < -0.3 is 19.8 Å². The Bertz CT molecular complexity index is 1570. The monoisotopic (exact) mass is 1170 g/mol. The van der Waals surface area contributed by atoms with Gasteiger partial charge in [0.25, 0.3) is 0 Å². The lowest BCUT2D eigenvalue weighted by Gasteiger charge is -2.25. The Hall–Kier alpha value is -2.06. The minimum atomic E-state index is -4.37. The Labute approximate surface area is 510 Å². The summed E-state index contributed by atoms with van der Waals surface area (Å²) >= 11 is 0. The largest absolute Gasteiger partial charge is 0.472 e. The lowest BCUT2D eigenvalue weighted by Crippen LogP contribution is -2.45. The molecule has 8 nitrogen and oxygen atoms in total. The third-order valence-electron chi connectivity index (χ3n) is 15.9. The van der Waals surface area contributed by atoms with Crippen molar-refractivity contribution in [2.75, 3.05) is 40.9 Å². The maximum Gasteiger partial charge on any atom is 0.472 e. The van der Waals surface area contributed by atoms with Crippen LogP contribution in [-0.2, 0) is 18.4 Å². The maximum atomic E-state index is 13.0. The summed E-state index contributed by atoms with van der Waals surface area (Å²) in [5.74, 6) is -0.186. The molecule has 0 aromatic heterocycles. The van der Waals surface area contributed by atoms with Crippen molar-refractivity contribution in [3.8, 4) is 0 Å². The van der Waals surface area contributed by atoms with Gasteiger partial charge in [-0.3, -0.25) is 13.8 Å². The van der Waals surface area contributed by atoms with Gasteiger partial charge in [-0.25, -0.2) is 4.57 Å². The van der Waals surface area contributed by atoms with Gasteiger partial charge in [0.15, 0.2) is 0 Å². The van der Waals surface area contributed by atoms with Gasteiger partial charge in [-0.2, -0.15) is 0 Å². The van der Waals surface area contributed by atoms with E-state index in [1.54, 1.807) is 6.08 Å². The summed E-state index contributed by atoms with van der Waals surface area (Å²) in [6, 6.07) is -0.872. The number of aliphatic hydroxyl groups excluding tert-OH is 1. The second-order valence-electron chi connectivity index (χ2n) is 25.2. The number of rotatable bonds is 65. The zero-order chi connectivity index (χ0) is 59.8. The van der Waals surface area contributed by atoms with E-state index in [4.69, 9.17) is 9.05 Å². The molecule has 82 heavy (non-hydrogen) atoms. The van der Waals surface area contributed by atoms with Crippen LogP contribution in [0.25, 0.3) is 0 Å². The molecule has 3 N–H and O–H groups in total. The van der Waals surface area contributed by atoms with Crippen LogP contribution in [0.3, 0.4) is 0 Å². The van der Waals surface area contributed by atoms with Crippen LogP contribution < -0.4 is 5.32 Å². The second kappa shape index (κ2) is 63.4. The van der Waals surface area contributed by atoms with Crippen molar-refractivity contribution in [1.29, 1.82) is 0 Å². The van der Waals surface area contributed by atoms with Crippen molar-refractivity contribution in [2.24, 2.45) is 0 Å². The van der Waals surface area contributed by atoms with Crippen LogP contribution in [0.2, 0.25) is 0 Å². The number of unbranched alkanes of at least 4 members (excludes halogenated alkanes) is 42. The Morgan fingerprint density at radius 3 is 1.06 bits per heavy atom. The van der Waals surface area contributed by atoms with Crippen LogP contribution in [0.1, 0.15) is 335 Å². The highest BCUT2D eigenvalue weighted by Crippen LogP contribution is 2.43. The van der Waals surface area contributed by atoms with Crippen molar-refractivity contribution >= 4 is 13.7 Å². The minimum Gasteiger partial charge on any atom is -0.387 e. The molecule has 0 heterocycles. The first-order valence-electron chi connectivity index (χ1n) is 35.3. The number of allylic oxidation sites excluding steroid dienone is 11. The molecule has 0 radical (unpaired) electrons. The fourth-order valence-corrected chi connectivity index (χ4v) is 11.1. The SMILES string of the molecule is CCCCCCC/C=C\C/C=C\C/C=C\CCCCCCCCCCCCCCCCCCCCCCCCC(=O)NC(COP(=O)(O)OCC[N+](C)(C)C)C(O)/C=C/CC/C=C/CC/C=C/CCCCCCCCCCCCCCC. The number of carbonyl (C=O) groups excluding carboxylic acids is 1. The number of likely N-dealkylation sites (N-methyl/N-ethyl adjacent to an activating group) is 1. The Morgan fingerprint density at radius 2 is 0.707 bits per heavy atom. The zero-order valence-corrected chi connectivity index (χ0v) is 55.9. The predicted octanol–water partition coefficient (Wildman–Crippen LogP) is 22.6. The summed E-state index contributed by atoms with van der Waals surface area (Å²) in [6.45, 7) is 4.81. The smallest absolute Gasteiger partial charge is 0.387 e. The molecule has 0 aliphatic heterocycles. The molecule has 0 saturated carbocycles. The van der Waals surface area contributed by atoms with Crippen molar-refractivity contribution in [3.63, 3.8) is 0 Å². The number of amides is 1. The molecule has 0 fully saturated rings. The van der Waals surface area contributed by atoms with Crippen molar-refractivity contribution < 1.29 is 32.9 Å². The molecule has 0 bridgehead atoms. The third-order valence-corrected chi connectivity index (χ3v) is 16.9. The highest BCUT2D eigenvalue weighted by Gasteiger charge is 2.28. The lowest BCUT2D eigenvalue weighted by atomic mass is 10.0. The van der Waals surface area contributed by atoms with E-state index in [0.717, 1.165) is 57.8 Å². The van der Waals surface area contributed by atoms with Gasteiger partial charge >= 0.3 is 7.82 Å². The van der Waals surface area contributed by atoms with E-state index in [0.29, 0.717) is 17.4 Å². The van der Waals surface area contributed by atoms with E-state index >= 15 is 0 Å². The standard InChI is InChI=1S/C73H137N2O6P/c1-6-8-10-12-14-16-18-20-22-24-26-28-30-31-32-33-34-35-36-37-38-39-40-41-42-43-45-47-49-51-53-55-57-59-61-63-65-67-73(77)74-71(70-81-82(78,79)80-69-68-75(3,4)5)72(76)66-64-62-60-58-56-54-52-50-48-46-44-29-27-25-23-21-19-17-15-13-11-9-7-2/h18,20,24,26,30-31,48,50,56,58,64,66,71-72,76H,6-17,19,21-23,25,27-29,32-47,49,51-55,57,59-63,65,67-70H2,1-5H3,(H-,74,77,78,79)/p+1/b20-18-,26-24-,31-30-,50-48+,58-56+,66-64+. The Morgan fingerprint density at radius 1 is 0.415 bits per heavy atom. The summed E-state index contributed by atoms with van der Waals surface area (Å²) in [5, 5.41) is 14.0. The molecule has 0 aromatic rings. The Kier molecular flexibility index (Phi) is 61.8. The first-order valence-corrected chi connectivity index (χ1v) is 36.8. The molecule has 480 valence electrons. The second-order valence-corrected chi connectivity index (χ2v) is 26.7. The fraction of sp³-hybridized carbons (Fsp3) is 0.822. The summed E-state index contributed by atoms with van der Waals surface area (Å²) in [5.41, 5.74) is 0. The average molecular weight is 1170 g/mol. The number of hydrogen-bond acceptors (Lipinski definition) is 5. The molecule has 1 amide bonds. The van der Waals surface area contributed by atoms with E-state index in [1.807, 2.05) is 27.2 Å². The highest BCUT2D eigenvalue weighted by atomic mass is 31.2. The van der Waals surface area contributed by atoms with Crippen LogP contribution in [0.4, 0.5) is 0 Å². The number of carbonyl (C=O) groups is 1. The van der Waals surface area contributed by atoms with Crippen LogP contribution in [0.5, 0.6) is 0 Å². The lowest BCUT2D eigenvalue weighted by molar-refractivity contribution is -0.870. The average Bonchev–Trinajstić information content (AvgIpc) is 3.47. The van der Waals surface area contributed by atoms with Crippen molar-refractivity contribution in [1.82, 2.24) is 5.32 Å². The number of aliphatic hydroxyl groups is 1. The van der Waals surface area contributed by atoms with E-state index in [1.165, 1.54) is 257 Å². The number of phosphoric ester groups is 1. The van der Waals surface area contributed by atoms with E-state index < -0.39 is 20.0 Å². The van der Waals surface area contributed by atoms with Gasteiger partial charge in [0, 0.05) is 6.42 Å². The highest BCUT2D eigenvalue weighted by molar-refractivity contribution is 7.47. The van der Waals surface area contributed by atoms with E-state index in [-0.39, 0.29) is 19.1 Å². The van der Waals surface area contributed by atoms with E-state index in [9.17, 15) is 19.4 Å². The molecule has 0 aliphatic carbocycles. The molecule has 0 aromatic carbocycles. The van der Waals surface area contributed by atoms with Crippen LogP contribution in [0, 0.1) is 0 Å². The topological polar surface area (TPSA) is 105 Å². The molecule has 0 aliphatic rings. The maximum absolute atomic E-state index is 13.0. The van der Waals surface area contributed by atoms with Crippen LogP contribution >= 0.6 is 7.82 Å². The van der Waals surface area contributed by atoms with Gasteiger partial charge in [0.1, 0.15) is 13.2 Å². The summed E-state index contributed by atoms with van der Waals surface area (Å²) in [4.78, 5) is 23.4. The van der Waals surface area contributed by atoms with Gasteiger partial charge in [0.05, 0.1) is 39.9 Å². The van der Waals surface area contributed by atoms with Crippen molar-refractivity contribution in [2.45, 2.75) is 347 Å². The van der Waals surface area contributed by atoms with Crippen LogP contribution in [0.15, 0.2) is 72.9 Å². The molecular weight excluding hydrogens is 1030 g/mol. The number of quaternary nitrogens is 1. The quantitative estimate of drug-likeness (QED) is 0.0243. The first kappa shape index (κ1) is 79.9. The molecule has 0 saturated heterocycles. The van der Waals surface area contributed by atoms with Gasteiger partial charge in [-0.15, -0.1) is 0 Å². The normalized spacial score (nSPS) is 14.1. The van der Waals surface area contributed by atoms with Crippen molar-refractivity contribution in [3.05, 3.63) is 72.9 Å². The van der Waals surface area contributed by atoms with Gasteiger partial charge in [-0.1, -0.05) is 318 Å². The minimum absolute atomic E-state index is 0.0531. The van der Waals surface area contributed by atoms with E-state index in [2.05, 4.69) is 79.9 Å². The fourth-order valence-electron chi connectivity index (χ4n) is 10.4. The predicted molar refractivity (Wildman–Crippen MR) is 360 cm³/mol. The van der Waals surface area contributed by atoms with Gasteiger partial charge in [-0.05, 0) is 83.5 Å². The molecule has 9 heteroatoms. The number of phosphoric acid groups is 1. The summed E-state index contributed by atoms with van der Waals surface area (Å²) in [7, 11) is 1.55. The number of nitrogens with one attached hydrogen (secondary N) is 1. The first-order chi connectivity index (χ1) is 40.0. The summed E-state index contributed by atoms with van der Waals surface area (Å²) < 4.78 is 23.8. The molecule has 0 spiro atoms. The zero-order valence-electron chi connectivity index (χ0n) is 55.0. The molecule has 3 unspecified atom stereocenters. The van der Waals surface area contributed by atoms with Crippen LogP contribution in [-0.4, -0.2) is 73.4 Å². The molecule has 0 rings (SSSR count). The number of nitrogens with zero attached hydrogens (tertiary/aromatic N) is 1. The molecule has 3 atom stereocenters. The van der Waals surface area contributed by atoms with Gasteiger partial charge in [0.2, 0.25) is 5.91 Å². The Balaban J connectivity index is 4.04.